The lowest BCUT2D eigenvalue weighted by Gasteiger charge is -1.99. The van der Waals surface area contributed by atoms with Gasteiger partial charge in [0.2, 0.25) is 4.77 Å². The van der Waals surface area contributed by atoms with E-state index < -0.39 is 11.6 Å². The van der Waals surface area contributed by atoms with Crippen LogP contribution in [0.3, 0.4) is 0 Å². The topological polar surface area (TPSA) is 44.5 Å². The molecule has 0 amide bonds. The molecule has 0 atom stereocenters. The Bertz CT molecular complexity index is 532. The van der Waals surface area contributed by atoms with E-state index in [9.17, 15) is 8.78 Å². The van der Waals surface area contributed by atoms with Crippen molar-refractivity contribution in [1.29, 1.82) is 0 Å². The standard InChI is InChI=1S/C9H7F2N3S/c10-6-2-1-5(7(11)4-6)3-8-12-9(15)14-13-8/h1-2,4H,3H2,(H2,12,13,14,15). The summed E-state index contributed by atoms with van der Waals surface area (Å²) >= 11 is 4.75. The summed E-state index contributed by atoms with van der Waals surface area (Å²) in [6, 6.07) is 3.44. The fourth-order valence-electron chi connectivity index (χ4n) is 1.23. The Morgan fingerprint density at radius 3 is 2.67 bits per heavy atom. The summed E-state index contributed by atoms with van der Waals surface area (Å²) in [4.78, 5) is 3.91. The first-order valence-electron chi connectivity index (χ1n) is 4.22. The molecule has 0 saturated carbocycles. The summed E-state index contributed by atoms with van der Waals surface area (Å²) in [7, 11) is 0. The van der Waals surface area contributed by atoms with Gasteiger partial charge in [-0.3, -0.25) is 10.2 Å². The van der Waals surface area contributed by atoms with Crippen molar-refractivity contribution in [2.24, 2.45) is 0 Å². The molecular weight excluding hydrogens is 220 g/mol. The molecule has 0 aliphatic rings. The van der Waals surface area contributed by atoms with Crippen molar-refractivity contribution in [1.82, 2.24) is 15.2 Å². The lowest BCUT2D eigenvalue weighted by molar-refractivity contribution is 0.573. The van der Waals surface area contributed by atoms with E-state index in [4.69, 9.17) is 12.2 Å². The molecule has 6 heteroatoms. The molecule has 2 rings (SSSR count). The second kappa shape index (κ2) is 3.90. The highest BCUT2D eigenvalue weighted by molar-refractivity contribution is 7.71. The number of halogens is 2. The van der Waals surface area contributed by atoms with Crippen molar-refractivity contribution in [2.75, 3.05) is 0 Å². The number of aromatic amines is 2. The van der Waals surface area contributed by atoms with Crippen LogP contribution in [0.15, 0.2) is 18.2 Å². The maximum atomic E-state index is 13.2. The first-order chi connectivity index (χ1) is 7.15. The molecule has 0 radical (unpaired) electrons. The number of hydrogen-bond acceptors (Lipinski definition) is 2. The Labute approximate surface area is 89.2 Å². The largest absolute Gasteiger partial charge is 0.285 e. The van der Waals surface area contributed by atoms with Gasteiger partial charge < -0.3 is 0 Å². The number of H-pyrrole nitrogens is 2. The summed E-state index contributed by atoms with van der Waals surface area (Å²) in [5, 5.41) is 5.30. The molecule has 2 N–H and O–H groups in total. The van der Waals surface area contributed by atoms with Crippen LogP contribution in [0.2, 0.25) is 0 Å². The summed E-state index contributed by atoms with van der Waals surface area (Å²) < 4.78 is 26.1. The van der Waals surface area contributed by atoms with Crippen molar-refractivity contribution in [3.63, 3.8) is 0 Å². The third-order valence-electron chi connectivity index (χ3n) is 1.92. The van der Waals surface area contributed by atoms with Crippen molar-refractivity contribution in [2.45, 2.75) is 6.42 Å². The second-order valence-electron chi connectivity index (χ2n) is 3.03. The Hall–Kier alpha value is -1.56. The Balaban J connectivity index is 2.28. The average molecular weight is 227 g/mol. The van der Waals surface area contributed by atoms with E-state index in [0.717, 1.165) is 6.07 Å². The van der Waals surface area contributed by atoms with Gasteiger partial charge in [0.1, 0.15) is 17.5 Å². The van der Waals surface area contributed by atoms with E-state index in [0.29, 0.717) is 16.2 Å². The van der Waals surface area contributed by atoms with Crippen LogP contribution in [0, 0.1) is 16.4 Å². The summed E-state index contributed by atoms with van der Waals surface area (Å²) in [6.45, 7) is 0. The maximum absolute atomic E-state index is 13.2. The van der Waals surface area contributed by atoms with E-state index in [-0.39, 0.29) is 6.42 Å². The molecule has 0 aliphatic heterocycles. The zero-order valence-corrected chi connectivity index (χ0v) is 8.37. The molecule has 0 bridgehead atoms. The van der Waals surface area contributed by atoms with E-state index >= 15 is 0 Å². The third kappa shape index (κ3) is 2.27. The van der Waals surface area contributed by atoms with Crippen molar-refractivity contribution >= 4 is 12.2 Å². The first kappa shape index (κ1) is 9.97. The van der Waals surface area contributed by atoms with Gasteiger partial charge in [0.15, 0.2) is 0 Å². The lowest BCUT2D eigenvalue weighted by atomic mass is 10.1. The monoisotopic (exact) mass is 227 g/mol. The van der Waals surface area contributed by atoms with E-state index in [1.807, 2.05) is 0 Å². The minimum Gasteiger partial charge on any atom is -0.285 e. The normalized spacial score (nSPS) is 10.5. The molecule has 2 aromatic rings. The third-order valence-corrected chi connectivity index (χ3v) is 2.12. The zero-order valence-electron chi connectivity index (χ0n) is 7.55. The Kier molecular flexibility index (Phi) is 2.59. The number of aromatic nitrogens is 3. The van der Waals surface area contributed by atoms with Crippen molar-refractivity contribution in [3.8, 4) is 0 Å². The van der Waals surface area contributed by atoms with Crippen LogP contribution in [0.1, 0.15) is 11.4 Å². The number of benzene rings is 1. The molecule has 0 fully saturated rings. The minimum atomic E-state index is -0.591. The highest BCUT2D eigenvalue weighted by Crippen LogP contribution is 2.12. The average Bonchev–Trinajstić information content (AvgIpc) is 2.56. The number of rotatable bonds is 2. The van der Waals surface area contributed by atoms with Crippen LogP contribution in [0.4, 0.5) is 8.78 Å². The Morgan fingerprint density at radius 1 is 1.27 bits per heavy atom. The smallest absolute Gasteiger partial charge is 0.213 e. The van der Waals surface area contributed by atoms with Gasteiger partial charge in [-0.15, -0.1) is 0 Å². The number of nitrogens with one attached hydrogen (secondary N) is 2. The van der Waals surface area contributed by atoms with Gasteiger partial charge >= 0.3 is 0 Å². The molecule has 78 valence electrons. The quantitative estimate of drug-likeness (QED) is 0.773. The van der Waals surface area contributed by atoms with Gasteiger partial charge in [0.05, 0.1) is 0 Å². The molecule has 1 aromatic carbocycles. The summed E-state index contributed by atoms with van der Waals surface area (Å²) in [5.74, 6) is -0.658. The van der Waals surface area contributed by atoms with E-state index in [1.54, 1.807) is 0 Å². The van der Waals surface area contributed by atoms with Gasteiger partial charge in [-0.2, -0.15) is 0 Å². The van der Waals surface area contributed by atoms with Crippen molar-refractivity contribution in [3.05, 3.63) is 46.0 Å². The predicted octanol–water partition coefficient (Wildman–Crippen LogP) is 2.34. The Morgan fingerprint density at radius 2 is 2.07 bits per heavy atom. The molecule has 1 aromatic heterocycles. The number of nitrogens with zero attached hydrogens (tertiary/aromatic N) is 1. The highest BCUT2D eigenvalue weighted by atomic mass is 32.1. The number of hydrogen-bond donors (Lipinski definition) is 2. The molecule has 3 nitrogen and oxygen atoms in total. The van der Waals surface area contributed by atoms with Crippen LogP contribution in [0.25, 0.3) is 0 Å². The molecule has 0 saturated heterocycles. The van der Waals surface area contributed by atoms with Crippen LogP contribution in [-0.2, 0) is 6.42 Å². The van der Waals surface area contributed by atoms with Crippen LogP contribution < -0.4 is 0 Å². The van der Waals surface area contributed by atoms with Gasteiger partial charge in [-0.05, 0) is 23.8 Å². The molecule has 15 heavy (non-hydrogen) atoms. The van der Waals surface area contributed by atoms with Gasteiger partial charge in [0, 0.05) is 12.5 Å². The van der Waals surface area contributed by atoms with Gasteiger partial charge in [-0.25, -0.2) is 13.8 Å². The van der Waals surface area contributed by atoms with Gasteiger partial charge in [-0.1, -0.05) is 6.07 Å². The first-order valence-corrected chi connectivity index (χ1v) is 4.63. The molecule has 1 heterocycles. The van der Waals surface area contributed by atoms with Crippen molar-refractivity contribution < 1.29 is 8.78 Å². The molecule has 0 aliphatic carbocycles. The summed E-state index contributed by atoms with van der Waals surface area (Å²) in [5.41, 5.74) is 0.370. The van der Waals surface area contributed by atoms with E-state index in [1.165, 1.54) is 12.1 Å². The fraction of sp³-hybridized carbons (Fsp3) is 0.111. The zero-order chi connectivity index (χ0) is 10.8. The predicted molar refractivity (Wildman–Crippen MR) is 52.9 cm³/mol. The molecule has 0 spiro atoms. The van der Waals surface area contributed by atoms with Crippen LogP contribution in [0.5, 0.6) is 0 Å². The second-order valence-corrected chi connectivity index (χ2v) is 3.41. The molecule has 0 unspecified atom stereocenters. The SMILES string of the molecule is Fc1ccc(Cc2nc(=S)[nH][nH]2)c(F)c1. The van der Waals surface area contributed by atoms with Crippen LogP contribution >= 0.6 is 12.2 Å². The van der Waals surface area contributed by atoms with E-state index in [2.05, 4.69) is 15.2 Å². The highest BCUT2D eigenvalue weighted by Gasteiger charge is 2.06. The van der Waals surface area contributed by atoms with Gasteiger partial charge in [0.25, 0.3) is 0 Å². The fourth-order valence-corrected chi connectivity index (χ4v) is 1.39. The van der Waals surface area contributed by atoms with Crippen LogP contribution in [-0.4, -0.2) is 15.2 Å². The maximum Gasteiger partial charge on any atom is 0.213 e. The lowest BCUT2D eigenvalue weighted by Crippen LogP contribution is -1.95. The molecular formula is C9H7F2N3S. The summed E-state index contributed by atoms with van der Waals surface area (Å²) in [6.07, 6.45) is 0.249. The minimum absolute atomic E-state index is 0.249.